The molecular weight excluding hydrogens is 248 g/mol. The number of benzene rings is 1. The maximum atomic E-state index is 11.3. The maximum absolute atomic E-state index is 11.3. The van der Waals surface area contributed by atoms with Crippen LogP contribution in [-0.2, 0) is 16.6 Å². The molecule has 1 aromatic carbocycles. The third-order valence-electron chi connectivity index (χ3n) is 1.90. The van der Waals surface area contributed by atoms with Crippen molar-refractivity contribution in [1.82, 2.24) is 4.72 Å². The summed E-state index contributed by atoms with van der Waals surface area (Å²) in [6, 6.07) is 8.76. The lowest BCUT2D eigenvalue weighted by molar-refractivity contribution is 0.583. The molecule has 0 unspecified atom stereocenters. The molecular formula is C10H11ClN2O2S. The van der Waals surface area contributed by atoms with E-state index in [-0.39, 0.29) is 18.2 Å². The number of hydrogen-bond donors (Lipinski definition) is 1. The Hall–Kier alpha value is -1.09. The van der Waals surface area contributed by atoms with Gasteiger partial charge in [-0.1, -0.05) is 12.1 Å². The van der Waals surface area contributed by atoms with Crippen LogP contribution in [0.1, 0.15) is 11.1 Å². The summed E-state index contributed by atoms with van der Waals surface area (Å²) in [6.07, 6.45) is 0. The van der Waals surface area contributed by atoms with Crippen LogP contribution in [0.15, 0.2) is 24.3 Å². The van der Waals surface area contributed by atoms with Crippen molar-refractivity contribution < 1.29 is 8.42 Å². The van der Waals surface area contributed by atoms with E-state index in [2.05, 4.69) is 4.72 Å². The van der Waals surface area contributed by atoms with E-state index in [4.69, 9.17) is 16.9 Å². The Bertz CT molecular complexity index is 494. The fraction of sp³-hybridized carbons (Fsp3) is 0.300. The van der Waals surface area contributed by atoms with E-state index in [1.54, 1.807) is 24.3 Å². The van der Waals surface area contributed by atoms with Gasteiger partial charge in [0.1, 0.15) is 0 Å². The van der Waals surface area contributed by atoms with E-state index in [9.17, 15) is 8.42 Å². The summed E-state index contributed by atoms with van der Waals surface area (Å²) in [5.74, 6) is -0.0416. The van der Waals surface area contributed by atoms with E-state index in [1.807, 2.05) is 6.07 Å². The highest BCUT2D eigenvalue weighted by Crippen LogP contribution is 2.04. The van der Waals surface area contributed by atoms with Crippen LogP contribution in [0.2, 0.25) is 0 Å². The monoisotopic (exact) mass is 258 g/mol. The van der Waals surface area contributed by atoms with E-state index in [1.165, 1.54) is 0 Å². The summed E-state index contributed by atoms with van der Waals surface area (Å²) in [5, 5.41) is 8.67. The molecule has 1 rings (SSSR count). The molecule has 0 aromatic heterocycles. The van der Waals surface area contributed by atoms with Crippen LogP contribution in [0, 0.1) is 11.3 Å². The van der Waals surface area contributed by atoms with E-state index in [0.29, 0.717) is 5.56 Å². The van der Waals surface area contributed by atoms with Gasteiger partial charge in [0, 0.05) is 12.4 Å². The zero-order valence-electron chi connectivity index (χ0n) is 8.48. The van der Waals surface area contributed by atoms with E-state index in [0.717, 1.165) is 5.56 Å². The normalized spacial score (nSPS) is 11.0. The lowest BCUT2D eigenvalue weighted by Crippen LogP contribution is -2.26. The molecule has 0 aliphatic carbocycles. The van der Waals surface area contributed by atoms with Crippen LogP contribution in [0.4, 0.5) is 0 Å². The zero-order valence-corrected chi connectivity index (χ0v) is 10.1. The van der Waals surface area contributed by atoms with Gasteiger partial charge in [0.25, 0.3) is 0 Å². The summed E-state index contributed by atoms with van der Waals surface area (Å²) in [5.41, 5.74) is 1.26. The van der Waals surface area contributed by atoms with Crippen molar-refractivity contribution in [1.29, 1.82) is 5.26 Å². The van der Waals surface area contributed by atoms with Crippen LogP contribution in [0.5, 0.6) is 0 Å². The van der Waals surface area contributed by atoms with Gasteiger partial charge >= 0.3 is 0 Å². The van der Waals surface area contributed by atoms with Gasteiger partial charge in [0.05, 0.1) is 17.4 Å². The van der Waals surface area contributed by atoms with Gasteiger partial charge in [0.2, 0.25) is 10.0 Å². The Labute approximate surface area is 99.9 Å². The number of rotatable bonds is 5. The number of nitrogens with one attached hydrogen (secondary N) is 1. The smallest absolute Gasteiger partial charge is 0.212 e. The molecule has 4 nitrogen and oxygen atoms in total. The molecule has 0 fully saturated rings. The third-order valence-corrected chi connectivity index (χ3v) is 3.64. The predicted octanol–water partition coefficient (Wildman–Crippen LogP) is 1.22. The molecule has 16 heavy (non-hydrogen) atoms. The van der Waals surface area contributed by atoms with Gasteiger partial charge in [-0.25, -0.2) is 13.1 Å². The lowest BCUT2D eigenvalue weighted by Gasteiger charge is -2.05. The Morgan fingerprint density at radius 2 is 2.19 bits per heavy atom. The molecule has 0 amide bonds. The minimum absolute atomic E-state index is 0.0631. The van der Waals surface area contributed by atoms with Crippen LogP contribution < -0.4 is 4.72 Å². The molecule has 0 bridgehead atoms. The van der Waals surface area contributed by atoms with Gasteiger partial charge < -0.3 is 0 Å². The highest BCUT2D eigenvalue weighted by molar-refractivity contribution is 7.89. The fourth-order valence-corrected chi connectivity index (χ4v) is 2.46. The Balaban J connectivity index is 2.65. The van der Waals surface area contributed by atoms with E-state index < -0.39 is 10.0 Å². The minimum atomic E-state index is -3.31. The summed E-state index contributed by atoms with van der Waals surface area (Å²) in [4.78, 5) is 0. The molecule has 1 N–H and O–H groups in total. The second-order valence-corrected chi connectivity index (χ2v) is 5.45. The molecule has 0 aliphatic heterocycles. The van der Waals surface area contributed by atoms with Crippen molar-refractivity contribution in [3.63, 3.8) is 0 Å². The zero-order chi connectivity index (χ0) is 12.0. The Morgan fingerprint density at radius 3 is 2.81 bits per heavy atom. The van der Waals surface area contributed by atoms with E-state index >= 15 is 0 Å². The van der Waals surface area contributed by atoms with Crippen LogP contribution >= 0.6 is 11.6 Å². The average molecular weight is 259 g/mol. The molecule has 0 aliphatic rings. The number of nitriles is 1. The highest BCUT2D eigenvalue weighted by Gasteiger charge is 2.08. The van der Waals surface area contributed by atoms with Crippen molar-refractivity contribution in [2.45, 2.75) is 6.54 Å². The molecule has 0 heterocycles. The van der Waals surface area contributed by atoms with Crippen molar-refractivity contribution in [3.8, 4) is 6.07 Å². The standard InChI is InChI=1S/C10H11ClN2O2S/c11-4-5-16(14,15)13-8-10-3-1-2-9(6-10)7-12/h1-3,6,13H,4-5,8H2. The fourth-order valence-electron chi connectivity index (χ4n) is 1.12. The summed E-state index contributed by atoms with van der Waals surface area (Å²) >= 11 is 5.35. The van der Waals surface area contributed by atoms with Crippen molar-refractivity contribution in [2.24, 2.45) is 0 Å². The predicted molar refractivity (Wildman–Crippen MR) is 62.5 cm³/mol. The number of nitrogens with zero attached hydrogens (tertiary/aromatic N) is 1. The van der Waals surface area contributed by atoms with Crippen LogP contribution in [-0.4, -0.2) is 20.1 Å². The quantitative estimate of drug-likeness (QED) is 0.808. The highest BCUT2D eigenvalue weighted by atomic mass is 35.5. The molecule has 86 valence electrons. The minimum Gasteiger partial charge on any atom is -0.212 e. The van der Waals surface area contributed by atoms with Crippen molar-refractivity contribution in [2.75, 3.05) is 11.6 Å². The number of halogens is 1. The number of hydrogen-bond acceptors (Lipinski definition) is 3. The molecule has 1 aromatic rings. The maximum Gasteiger partial charge on any atom is 0.213 e. The molecule has 0 spiro atoms. The SMILES string of the molecule is N#Cc1cccc(CNS(=O)(=O)CCCl)c1. The van der Waals surface area contributed by atoms with Crippen LogP contribution in [0.25, 0.3) is 0 Å². The molecule has 0 saturated heterocycles. The Morgan fingerprint density at radius 1 is 1.44 bits per heavy atom. The summed E-state index contributed by atoms with van der Waals surface area (Å²) in [6.45, 7) is 0.175. The summed E-state index contributed by atoms with van der Waals surface area (Å²) in [7, 11) is -3.31. The topological polar surface area (TPSA) is 70.0 Å². The second-order valence-electron chi connectivity index (χ2n) is 3.14. The first-order chi connectivity index (χ1) is 7.57. The molecule has 0 radical (unpaired) electrons. The van der Waals surface area contributed by atoms with Crippen LogP contribution in [0.3, 0.4) is 0 Å². The number of sulfonamides is 1. The molecule has 0 saturated carbocycles. The average Bonchev–Trinajstić information content (AvgIpc) is 2.27. The first-order valence-electron chi connectivity index (χ1n) is 4.60. The van der Waals surface area contributed by atoms with Gasteiger partial charge in [0.15, 0.2) is 0 Å². The largest absolute Gasteiger partial charge is 0.213 e. The second kappa shape index (κ2) is 5.85. The van der Waals surface area contributed by atoms with Crippen molar-refractivity contribution >= 4 is 21.6 Å². The Kier molecular flexibility index (Phi) is 4.74. The first kappa shape index (κ1) is 13.0. The number of alkyl halides is 1. The van der Waals surface area contributed by atoms with Gasteiger partial charge in [-0.15, -0.1) is 11.6 Å². The molecule has 6 heteroatoms. The first-order valence-corrected chi connectivity index (χ1v) is 6.78. The summed E-state index contributed by atoms with van der Waals surface area (Å²) < 4.78 is 25.0. The molecule has 0 atom stereocenters. The third kappa shape index (κ3) is 4.19. The van der Waals surface area contributed by atoms with Gasteiger partial charge in [-0.05, 0) is 17.7 Å². The van der Waals surface area contributed by atoms with Gasteiger partial charge in [-0.3, -0.25) is 0 Å². The van der Waals surface area contributed by atoms with Gasteiger partial charge in [-0.2, -0.15) is 5.26 Å². The lowest BCUT2D eigenvalue weighted by atomic mass is 10.1. The van der Waals surface area contributed by atoms with Crippen molar-refractivity contribution in [3.05, 3.63) is 35.4 Å².